The van der Waals surface area contributed by atoms with Gasteiger partial charge in [-0.25, -0.2) is 18.1 Å². The van der Waals surface area contributed by atoms with E-state index in [1.165, 1.54) is 18.2 Å². The van der Waals surface area contributed by atoms with E-state index in [4.69, 9.17) is 4.98 Å². The van der Waals surface area contributed by atoms with Crippen molar-refractivity contribution in [3.63, 3.8) is 0 Å². The van der Waals surface area contributed by atoms with E-state index in [-0.39, 0.29) is 5.82 Å². The first-order valence-electron chi connectivity index (χ1n) is 9.85. The molecule has 4 aromatic rings. The van der Waals surface area contributed by atoms with Crippen LogP contribution >= 0.6 is 0 Å². The normalized spacial score (nSPS) is 11.8. The Hall–Kier alpha value is -3.53. The van der Waals surface area contributed by atoms with Crippen LogP contribution in [0.1, 0.15) is 25.3 Å². The summed E-state index contributed by atoms with van der Waals surface area (Å²) in [5.41, 5.74) is 1.89. The maximum atomic E-state index is 13.0. The summed E-state index contributed by atoms with van der Waals surface area (Å²) in [6.45, 7) is 4.59. The molecule has 10 heteroatoms. The molecule has 0 aliphatic carbocycles. The zero-order valence-corrected chi connectivity index (χ0v) is 17.9. The van der Waals surface area contributed by atoms with Gasteiger partial charge in [0, 0.05) is 18.0 Å². The summed E-state index contributed by atoms with van der Waals surface area (Å²) in [4.78, 5) is 14.9. The highest BCUT2D eigenvalue weighted by Crippen LogP contribution is 2.31. The molecular formula is C21H21N5O4S. The predicted octanol–water partition coefficient (Wildman–Crippen LogP) is 4.40. The molecule has 0 saturated carbocycles. The number of pyridine rings is 1. The molecule has 160 valence electrons. The number of aromatic nitrogens is 3. The molecule has 0 bridgehead atoms. The number of hydrogen-bond acceptors (Lipinski definition) is 6. The van der Waals surface area contributed by atoms with Gasteiger partial charge in [0.15, 0.2) is 16.4 Å². The summed E-state index contributed by atoms with van der Waals surface area (Å²) >= 11 is 0. The van der Waals surface area contributed by atoms with Crippen molar-refractivity contribution in [2.75, 3.05) is 4.72 Å². The number of fused-ring (bicyclic) bond motifs is 2. The van der Waals surface area contributed by atoms with Crippen LogP contribution in [0.4, 0.5) is 11.5 Å². The highest BCUT2D eigenvalue weighted by Gasteiger charge is 2.27. The summed E-state index contributed by atoms with van der Waals surface area (Å²) in [6, 6.07) is 12.8. The second-order valence-corrected chi connectivity index (χ2v) is 8.91. The van der Waals surface area contributed by atoms with Gasteiger partial charge in [0.1, 0.15) is 0 Å². The van der Waals surface area contributed by atoms with Crippen molar-refractivity contribution in [1.82, 2.24) is 14.8 Å². The summed E-state index contributed by atoms with van der Waals surface area (Å²) in [7, 11) is -4.24. The molecule has 4 rings (SSSR count). The van der Waals surface area contributed by atoms with Crippen LogP contribution in [0.15, 0.2) is 53.4 Å². The van der Waals surface area contributed by atoms with Crippen LogP contribution in [0.3, 0.4) is 0 Å². The number of hydrogen-bond donors (Lipinski definition) is 1. The van der Waals surface area contributed by atoms with Crippen LogP contribution in [-0.2, 0) is 16.6 Å². The second-order valence-electron chi connectivity index (χ2n) is 7.26. The average Bonchev–Trinajstić information content (AvgIpc) is 3.07. The Bertz CT molecular complexity index is 1410. The van der Waals surface area contributed by atoms with Crippen LogP contribution in [0, 0.1) is 17.0 Å². The fourth-order valence-corrected chi connectivity index (χ4v) is 4.68. The Morgan fingerprint density at radius 1 is 1.16 bits per heavy atom. The molecule has 2 aromatic heterocycles. The molecule has 0 saturated heterocycles. The first kappa shape index (κ1) is 20.7. The minimum Gasteiger partial charge on any atom is -0.261 e. The molecule has 2 heterocycles. The smallest absolute Gasteiger partial charge is 0.261 e. The first-order valence-corrected chi connectivity index (χ1v) is 11.3. The fourth-order valence-electron chi connectivity index (χ4n) is 3.49. The third-order valence-electron chi connectivity index (χ3n) is 5.05. The van der Waals surface area contributed by atoms with Crippen molar-refractivity contribution in [3.8, 4) is 0 Å². The SMILES string of the molecule is CCCCn1nc(NS(=O)(=O)c2ccccc2[N+](=O)[O-])c2cc3cccc(C)c3nc21. The number of benzene rings is 2. The van der Waals surface area contributed by atoms with Gasteiger partial charge in [-0.2, -0.15) is 5.10 Å². The number of rotatable bonds is 7. The summed E-state index contributed by atoms with van der Waals surface area (Å²) in [5, 5.41) is 17.2. The van der Waals surface area contributed by atoms with Gasteiger partial charge in [0.2, 0.25) is 0 Å². The van der Waals surface area contributed by atoms with Crippen LogP contribution in [-0.4, -0.2) is 28.1 Å². The van der Waals surface area contributed by atoms with Gasteiger partial charge in [0.25, 0.3) is 15.7 Å². The van der Waals surface area contributed by atoms with Gasteiger partial charge >= 0.3 is 0 Å². The van der Waals surface area contributed by atoms with E-state index < -0.39 is 25.5 Å². The molecule has 0 radical (unpaired) electrons. The number of nitrogens with one attached hydrogen (secondary N) is 1. The van der Waals surface area contributed by atoms with Crippen molar-refractivity contribution >= 4 is 43.5 Å². The molecule has 2 aromatic carbocycles. The minimum absolute atomic E-state index is 0.0974. The number of para-hydroxylation sites is 2. The maximum absolute atomic E-state index is 13.0. The molecule has 0 amide bonds. The summed E-state index contributed by atoms with van der Waals surface area (Å²) in [5.74, 6) is 0.0974. The number of aryl methyl sites for hydroxylation is 2. The number of nitrogens with zero attached hydrogens (tertiary/aromatic N) is 4. The van der Waals surface area contributed by atoms with Crippen LogP contribution < -0.4 is 4.72 Å². The molecule has 0 spiro atoms. The van der Waals surface area contributed by atoms with E-state index in [9.17, 15) is 18.5 Å². The predicted molar refractivity (Wildman–Crippen MR) is 119 cm³/mol. The van der Waals surface area contributed by atoms with Crippen molar-refractivity contribution in [3.05, 3.63) is 64.2 Å². The standard InChI is InChI=1S/C21H21N5O4S/c1-3-4-12-25-21-16(13-15-9-7-8-14(2)19(15)22-21)20(23-25)24-31(29,30)18-11-6-5-10-17(18)26(27)28/h5-11,13H,3-4,12H2,1-2H3,(H,23,24). The molecular weight excluding hydrogens is 418 g/mol. The van der Waals surface area contributed by atoms with Gasteiger partial charge in [-0.05, 0) is 31.0 Å². The van der Waals surface area contributed by atoms with Crippen molar-refractivity contribution < 1.29 is 13.3 Å². The van der Waals surface area contributed by atoms with E-state index in [0.29, 0.717) is 17.6 Å². The Morgan fingerprint density at radius 2 is 1.94 bits per heavy atom. The zero-order valence-electron chi connectivity index (χ0n) is 17.1. The Balaban J connectivity index is 1.88. The number of sulfonamides is 1. The molecule has 31 heavy (non-hydrogen) atoms. The lowest BCUT2D eigenvalue weighted by Crippen LogP contribution is -2.15. The fraction of sp³-hybridized carbons (Fsp3) is 0.238. The summed E-state index contributed by atoms with van der Waals surface area (Å²) < 4.78 is 30.2. The summed E-state index contributed by atoms with van der Waals surface area (Å²) in [6.07, 6.45) is 1.78. The molecule has 9 nitrogen and oxygen atoms in total. The Kier molecular flexibility index (Phi) is 5.32. The van der Waals surface area contributed by atoms with E-state index in [2.05, 4.69) is 16.7 Å². The van der Waals surface area contributed by atoms with Gasteiger partial charge in [0.05, 0.1) is 15.8 Å². The number of nitro groups is 1. The van der Waals surface area contributed by atoms with Crippen molar-refractivity contribution in [2.24, 2.45) is 0 Å². The van der Waals surface area contributed by atoms with Crippen molar-refractivity contribution in [2.45, 2.75) is 38.1 Å². The van der Waals surface area contributed by atoms with Gasteiger partial charge in [-0.1, -0.05) is 43.7 Å². The largest absolute Gasteiger partial charge is 0.289 e. The molecule has 0 aliphatic rings. The van der Waals surface area contributed by atoms with E-state index in [1.807, 2.05) is 31.2 Å². The van der Waals surface area contributed by atoms with E-state index in [0.717, 1.165) is 35.4 Å². The lowest BCUT2D eigenvalue weighted by molar-refractivity contribution is -0.387. The topological polar surface area (TPSA) is 120 Å². The maximum Gasteiger partial charge on any atom is 0.289 e. The van der Waals surface area contributed by atoms with Gasteiger partial charge in [-0.3, -0.25) is 14.8 Å². The molecule has 0 fully saturated rings. The Labute approximate surface area is 178 Å². The van der Waals surface area contributed by atoms with Gasteiger partial charge in [-0.15, -0.1) is 0 Å². The lowest BCUT2D eigenvalue weighted by Gasteiger charge is -2.07. The number of nitro benzene ring substituents is 1. The highest BCUT2D eigenvalue weighted by atomic mass is 32.2. The third kappa shape index (κ3) is 3.81. The quantitative estimate of drug-likeness (QED) is 0.337. The van der Waals surface area contributed by atoms with Gasteiger partial charge < -0.3 is 0 Å². The minimum atomic E-state index is -4.24. The lowest BCUT2D eigenvalue weighted by atomic mass is 10.1. The zero-order chi connectivity index (χ0) is 22.2. The monoisotopic (exact) mass is 439 g/mol. The molecule has 0 unspecified atom stereocenters. The highest BCUT2D eigenvalue weighted by molar-refractivity contribution is 7.92. The third-order valence-corrected chi connectivity index (χ3v) is 6.44. The van der Waals surface area contributed by atoms with Crippen LogP contribution in [0.2, 0.25) is 0 Å². The number of unbranched alkanes of at least 4 members (excludes halogenated alkanes) is 1. The number of anilines is 1. The van der Waals surface area contributed by atoms with Crippen molar-refractivity contribution in [1.29, 1.82) is 0 Å². The molecule has 1 N–H and O–H groups in total. The van der Waals surface area contributed by atoms with Crippen LogP contribution in [0.25, 0.3) is 21.9 Å². The van der Waals surface area contributed by atoms with E-state index in [1.54, 1.807) is 4.68 Å². The average molecular weight is 439 g/mol. The molecule has 0 aliphatic heterocycles. The molecule has 0 atom stereocenters. The second kappa shape index (κ2) is 7.95. The first-order chi connectivity index (χ1) is 14.8. The Morgan fingerprint density at radius 3 is 2.68 bits per heavy atom. The van der Waals surface area contributed by atoms with E-state index >= 15 is 0 Å². The van der Waals surface area contributed by atoms with Crippen LogP contribution in [0.5, 0.6) is 0 Å².